The van der Waals surface area contributed by atoms with Crippen molar-refractivity contribution in [1.82, 2.24) is 4.90 Å². The van der Waals surface area contributed by atoms with E-state index in [0.717, 1.165) is 17.8 Å². The third-order valence-electron chi connectivity index (χ3n) is 3.44. The summed E-state index contributed by atoms with van der Waals surface area (Å²) in [5.74, 6) is -0.0507. The number of hydrogen-bond acceptors (Lipinski definition) is 5. The maximum atomic E-state index is 11.9. The lowest BCUT2D eigenvalue weighted by Gasteiger charge is -2.19. The molecule has 6 heteroatoms. The summed E-state index contributed by atoms with van der Waals surface area (Å²) in [6, 6.07) is 2.15. The first-order valence-electron chi connectivity index (χ1n) is 6.43. The third kappa shape index (κ3) is 3.01. The third-order valence-corrected chi connectivity index (χ3v) is 4.51. The number of ether oxygens (including phenoxy) is 1. The van der Waals surface area contributed by atoms with Crippen LogP contribution in [0.25, 0.3) is 0 Å². The standard InChI is InChI=1S/C13H21N3O2S/c1-16(2)13(17)12-8(14)7-11(19-12)15-9-5-4-6-10(9)18-3/h7,9-10,15H,4-6,14H2,1-3H3. The molecule has 0 bridgehead atoms. The summed E-state index contributed by atoms with van der Waals surface area (Å²) in [7, 11) is 5.20. The van der Waals surface area contributed by atoms with Gasteiger partial charge in [0, 0.05) is 21.2 Å². The van der Waals surface area contributed by atoms with Crippen LogP contribution in [0.4, 0.5) is 10.7 Å². The van der Waals surface area contributed by atoms with Gasteiger partial charge in [0.15, 0.2) is 0 Å². The molecule has 3 N–H and O–H groups in total. The highest BCUT2D eigenvalue weighted by Crippen LogP contribution is 2.33. The van der Waals surface area contributed by atoms with Crippen molar-refractivity contribution in [2.24, 2.45) is 0 Å². The van der Waals surface area contributed by atoms with Gasteiger partial charge >= 0.3 is 0 Å². The van der Waals surface area contributed by atoms with Crippen LogP contribution in [0, 0.1) is 0 Å². The molecule has 0 saturated heterocycles. The van der Waals surface area contributed by atoms with Gasteiger partial charge in [0.25, 0.3) is 5.91 Å². The number of methoxy groups -OCH3 is 1. The molecule has 0 spiro atoms. The summed E-state index contributed by atoms with van der Waals surface area (Å²) < 4.78 is 5.45. The van der Waals surface area contributed by atoms with Gasteiger partial charge < -0.3 is 20.7 Å². The van der Waals surface area contributed by atoms with Gasteiger partial charge in [0.1, 0.15) is 4.88 Å². The van der Waals surface area contributed by atoms with E-state index in [1.807, 2.05) is 6.07 Å². The molecule has 2 rings (SSSR count). The molecule has 0 aliphatic heterocycles. The van der Waals surface area contributed by atoms with E-state index in [-0.39, 0.29) is 12.0 Å². The highest BCUT2D eigenvalue weighted by Gasteiger charge is 2.28. The summed E-state index contributed by atoms with van der Waals surface area (Å²) in [4.78, 5) is 14.1. The maximum Gasteiger partial charge on any atom is 0.265 e. The second-order valence-electron chi connectivity index (χ2n) is 5.05. The molecule has 1 fully saturated rings. The van der Waals surface area contributed by atoms with Crippen LogP contribution in [-0.2, 0) is 4.74 Å². The highest BCUT2D eigenvalue weighted by molar-refractivity contribution is 7.18. The van der Waals surface area contributed by atoms with Crippen LogP contribution in [0.2, 0.25) is 0 Å². The largest absolute Gasteiger partial charge is 0.397 e. The molecule has 0 radical (unpaired) electrons. The first-order chi connectivity index (χ1) is 9.02. The van der Waals surface area contributed by atoms with E-state index in [4.69, 9.17) is 10.5 Å². The van der Waals surface area contributed by atoms with Crippen LogP contribution < -0.4 is 11.1 Å². The Morgan fingerprint density at radius 3 is 2.89 bits per heavy atom. The molecular weight excluding hydrogens is 262 g/mol. The van der Waals surface area contributed by atoms with Crippen molar-refractivity contribution in [2.45, 2.75) is 31.4 Å². The van der Waals surface area contributed by atoms with Crippen LogP contribution in [0.1, 0.15) is 28.9 Å². The minimum atomic E-state index is -0.0507. The summed E-state index contributed by atoms with van der Waals surface area (Å²) in [6.45, 7) is 0. The Balaban J connectivity index is 2.10. The lowest BCUT2D eigenvalue weighted by atomic mass is 10.2. The fourth-order valence-electron chi connectivity index (χ4n) is 2.40. The second kappa shape index (κ2) is 5.79. The number of nitrogens with two attached hydrogens (primary N) is 1. The van der Waals surface area contributed by atoms with Gasteiger partial charge in [-0.05, 0) is 25.3 Å². The Morgan fingerprint density at radius 2 is 2.26 bits per heavy atom. The molecule has 1 saturated carbocycles. The average molecular weight is 283 g/mol. The van der Waals surface area contributed by atoms with E-state index in [1.54, 1.807) is 26.1 Å². The second-order valence-corrected chi connectivity index (χ2v) is 6.10. The van der Waals surface area contributed by atoms with Gasteiger partial charge in [-0.25, -0.2) is 0 Å². The topological polar surface area (TPSA) is 67.6 Å². The van der Waals surface area contributed by atoms with E-state index in [9.17, 15) is 4.79 Å². The predicted molar refractivity (Wildman–Crippen MR) is 78.8 cm³/mol. The highest BCUT2D eigenvalue weighted by atomic mass is 32.1. The molecule has 1 heterocycles. The molecule has 2 atom stereocenters. The van der Waals surface area contributed by atoms with Gasteiger partial charge in [-0.2, -0.15) is 0 Å². The van der Waals surface area contributed by atoms with E-state index in [0.29, 0.717) is 16.6 Å². The van der Waals surface area contributed by atoms with Crippen molar-refractivity contribution in [2.75, 3.05) is 32.3 Å². The number of amides is 1. The number of hydrogen-bond donors (Lipinski definition) is 2. The number of thiophene rings is 1. The smallest absolute Gasteiger partial charge is 0.265 e. The Morgan fingerprint density at radius 1 is 1.53 bits per heavy atom. The fourth-order valence-corrected chi connectivity index (χ4v) is 3.47. The monoisotopic (exact) mass is 283 g/mol. The lowest BCUT2D eigenvalue weighted by molar-refractivity contribution is 0.0833. The van der Waals surface area contributed by atoms with Crippen LogP contribution in [0.5, 0.6) is 0 Å². The van der Waals surface area contributed by atoms with Crippen molar-refractivity contribution >= 4 is 27.9 Å². The van der Waals surface area contributed by atoms with Crippen molar-refractivity contribution in [3.63, 3.8) is 0 Å². The van der Waals surface area contributed by atoms with E-state index >= 15 is 0 Å². The zero-order valence-corrected chi connectivity index (χ0v) is 12.4. The summed E-state index contributed by atoms with van der Waals surface area (Å²) >= 11 is 1.41. The van der Waals surface area contributed by atoms with E-state index in [2.05, 4.69) is 5.32 Å². The van der Waals surface area contributed by atoms with Gasteiger partial charge in [-0.1, -0.05) is 0 Å². The van der Waals surface area contributed by atoms with Crippen LogP contribution in [0.3, 0.4) is 0 Å². The summed E-state index contributed by atoms with van der Waals surface area (Å²) in [6.07, 6.45) is 3.59. The molecule has 106 valence electrons. The molecule has 2 unspecified atom stereocenters. The predicted octanol–water partition coefficient (Wildman–Crippen LogP) is 2.01. The fraction of sp³-hybridized carbons (Fsp3) is 0.615. The van der Waals surface area contributed by atoms with Crippen molar-refractivity contribution in [3.05, 3.63) is 10.9 Å². The van der Waals surface area contributed by atoms with E-state index < -0.39 is 0 Å². The first-order valence-corrected chi connectivity index (χ1v) is 7.25. The Bertz CT molecular complexity index is 459. The quantitative estimate of drug-likeness (QED) is 0.887. The Labute approximate surface area is 117 Å². The summed E-state index contributed by atoms with van der Waals surface area (Å²) in [5.41, 5.74) is 6.45. The van der Waals surface area contributed by atoms with Crippen LogP contribution in [0.15, 0.2) is 6.07 Å². The van der Waals surface area contributed by atoms with Gasteiger partial charge in [0.2, 0.25) is 0 Å². The number of anilines is 2. The SMILES string of the molecule is COC1CCCC1Nc1cc(N)c(C(=O)N(C)C)s1. The number of carbonyl (C=O) groups is 1. The molecule has 1 amide bonds. The summed E-state index contributed by atoms with van der Waals surface area (Å²) in [5, 5.41) is 4.38. The van der Waals surface area contributed by atoms with Crippen LogP contribution in [-0.4, -0.2) is 44.2 Å². The average Bonchev–Trinajstić information content (AvgIpc) is 2.95. The molecule has 1 aliphatic rings. The molecule has 1 aromatic heterocycles. The zero-order chi connectivity index (χ0) is 14.0. The number of nitrogens with zero attached hydrogens (tertiary/aromatic N) is 1. The molecule has 1 aliphatic carbocycles. The molecule has 0 aromatic carbocycles. The Hall–Kier alpha value is -1.27. The zero-order valence-electron chi connectivity index (χ0n) is 11.6. The van der Waals surface area contributed by atoms with Crippen molar-refractivity contribution in [1.29, 1.82) is 0 Å². The maximum absolute atomic E-state index is 11.9. The van der Waals surface area contributed by atoms with Gasteiger partial charge in [0.05, 0.1) is 22.8 Å². The number of nitrogen functional groups attached to an aromatic ring is 1. The lowest BCUT2D eigenvalue weighted by Crippen LogP contribution is -2.29. The minimum absolute atomic E-state index is 0.0507. The van der Waals surface area contributed by atoms with Crippen molar-refractivity contribution in [3.8, 4) is 0 Å². The molecule has 19 heavy (non-hydrogen) atoms. The Kier molecular flexibility index (Phi) is 4.31. The first kappa shape index (κ1) is 14.1. The van der Waals surface area contributed by atoms with Gasteiger partial charge in [-0.3, -0.25) is 4.79 Å². The molecule has 5 nitrogen and oxygen atoms in total. The number of rotatable bonds is 4. The molecule has 1 aromatic rings. The minimum Gasteiger partial charge on any atom is -0.397 e. The van der Waals surface area contributed by atoms with Gasteiger partial charge in [-0.15, -0.1) is 11.3 Å². The van der Waals surface area contributed by atoms with Crippen molar-refractivity contribution < 1.29 is 9.53 Å². The number of carbonyl (C=O) groups excluding carboxylic acids is 1. The van der Waals surface area contributed by atoms with Crippen LogP contribution >= 0.6 is 11.3 Å². The normalized spacial score (nSPS) is 22.5. The number of nitrogens with one attached hydrogen (secondary N) is 1. The molecular formula is C13H21N3O2S. The van der Waals surface area contributed by atoms with E-state index in [1.165, 1.54) is 17.8 Å².